The van der Waals surface area contributed by atoms with E-state index < -0.39 is 5.82 Å². The van der Waals surface area contributed by atoms with Crippen molar-refractivity contribution in [2.45, 2.75) is 32.7 Å². The summed E-state index contributed by atoms with van der Waals surface area (Å²) in [5, 5.41) is 5.73. The Morgan fingerprint density at radius 1 is 1.37 bits per heavy atom. The molecule has 0 heterocycles. The van der Waals surface area contributed by atoms with Crippen LogP contribution in [0.1, 0.15) is 27.2 Å². The molecule has 1 rings (SSSR count). The molecule has 5 heteroatoms. The fourth-order valence-corrected chi connectivity index (χ4v) is 1.49. The number of rotatable bonds is 5. The molecule has 0 atom stereocenters. The van der Waals surface area contributed by atoms with Crippen molar-refractivity contribution in [1.29, 1.82) is 0 Å². The molecule has 1 aromatic carbocycles. The van der Waals surface area contributed by atoms with E-state index in [1.165, 1.54) is 25.3 Å². The average Bonchev–Trinajstić information content (AvgIpc) is 2.30. The van der Waals surface area contributed by atoms with Crippen molar-refractivity contribution >= 4 is 11.6 Å². The molecule has 0 saturated heterocycles. The molecule has 2 N–H and O–H groups in total. The maximum atomic E-state index is 13.5. The molecule has 0 aliphatic rings. The third-order valence-corrected chi connectivity index (χ3v) is 2.46. The summed E-state index contributed by atoms with van der Waals surface area (Å²) in [6.07, 6.45) is 0.286. The van der Waals surface area contributed by atoms with Gasteiger partial charge in [-0.3, -0.25) is 4.79 Å². The molecule has 4 nitrogen and oxygen atoms in total. The summed E-state index contributed by atoms with van der Waals surface area (Å²) >= 11 is 0. The monoisotopic (exact) mass is 268 g/mol. The first-order chi connectivity index (χ1) is 8.81. The molecule has 0 aliphatic heterocycles. The number of amides is 1. The van der Waals surface area contributed by atoms with E-state index in [2.05, 4.69) is 10.6 Å². The van der Waals surface area contributed by atoms with Gasteiger partial charge >= 0.3 is 0 Å². The normalized spacial score (nSPS) is 11.2. The average molecular weight is 268 g/mol. The van der Waals surface area contributed by atoms with E-state index in [9.17, 15) is 9.18 Å². The lowest BCUT2D eigenvalue weighted by Crippen LogP contribution is -2.37. The zero-order valence-electron chi connectivity index (χ0n) is 11.8. The van der Waals surface area contributed by atoms with Crippen LogP contribution in [0.4, 0.5) is 10.1 Å². The Labute approximate surface area is 113 Å². The largest absolute Gasteiger partial charge is 0.497 e. The zero-order valence-corrected chi connectivity index (χ0v) is 11.8. The van der Waals surface area contributed by atoms with E-state index in [4.69, 9.17) is 4.74 Å². The third kappa shape index (κ3) is 5.70. The lowest BCUT2D eigenvalue weighted by atomic mass is 10.1. The van der Waals surface area contributed by atoms with Crippen molar-refractivity contribution in [3.63, 3.8) is 0 Å². The van der Waals surface area contributed by atoms with Crippen LogP contribution in [0.25, 0.3) is 0 Å². The Kier molecular flexibility index (Phi) is 5.30. The third-order valence-electron chi connectivity index (χ3n) is 2.46. The number of halogens is 1. The molecule has 1 aromatic rings. The zero-order chi connectivity index (χ0) is 14.5. The summed E-state index contributed by atoms with van der Waals surface area (Å²) in [7, 11) is 1.49. The Balaban J connectivity index is 2.52. The number of carbonyl (C=O) groups excluding carboxylic acids is 1. The number of hydrogen-bond acceptors (Lipinski definition) is 3. The van der Waals surface area contributed by atoms with Gasteiger partial charge in [-0.15, -0.1) is 0 Å². The summed E-state index contributed by atoms with van der Waals surface area (Å²) in [6, 6.07) is 4.23. The molecule has 1 amide bonds. The molecule has 106 valence electrons. The Hall–Kier alpha value is -1.62. The molecule has 0 saturated carbocycles. The van der Waals surface area contributed by atoms with Crippen LogP contribution in [0.2, 0.25) is 0 Å². The second-order valence-electron chi connectivity index (χ2n) is 5.32. The highest BCUT2D eigenvalue weighted by molar-refractivity contribution is 5.91. The van der Waals surface area contributed by atoms with Crippen LogP contribution >= 0.6 is 0 Å². The van der Waals surface area contributed by atoms with Crippen molar-refractivity contribution in [1.82, 2.24) is 5.32 Å². The predicted octanol–water partition coefficient (Wildman–Crippen LogP) is 2.55. The molecule has 0 unspecified atom stereocenters. The maximum Gasteiger partial charge on any atom is 0.225 e. The minimum Gasteiger partial charge on any atom is -0.497 e. The van der Waals surface area contributed by atoms with Gasteiger partial charge < -0.3 is 15.4 Å². The van der Waals surface area contributed by atoms with Crippen LogP contribution in [0.5, 0.6) is 5.75 Å². The highest BCUT2D eigenvalue weighted by Crippen LogP contribution is 2.21. The van der Waals surface area contributed by atoms with Gasteiger partial charge in [-0.05, 0) is 32.9 Å². The molecule has 0 aliphatic carbocycles. The minimum atomic E-state index is -0.474. The van der Waals surface area contributed by atoms with Gasteiger partial charge in [-0.2, -0.15) is 0 Å². The van der Waals surface area contributed by atoms with Gasteiger partial charge in [-0.25, -0.2) is 4.39 Å². The standard InChI is InChI=1S/C14H21FN2O2/c1-14(2,3)16-8-7-13(18)17-12-9-10(19-4)5-6-11(12)15/h5-6,9,16H,7-8H2,1-4H3,(H,17,18). The predicted molar refractivity (Wildman–Crippen MR) is 74.0 cm³/mol. The lowest BCUT2D eigenvalue weighted by Gasteiger charge is -2.20. The second-order valence-corrected chi connectivity index (χ2v) is 5.32. The molecular weight excluding hydrogens is 247 g/mol. The summed E-state index contributed by atoms with van der Waals surface area (Å²) in [5.74, 6) is -0.202. The van der Waals surface area contributed by atoms with Crippen LogP contribution < -0.4 is 15.4 Å². The Morgan fingerprint density at radius 2 is 2.05 bits per heavy atom. The van der Waals surface area contributed by atoms with Gasteiger partial charge in [0.15, 0.2) is 0 Å². The van der Waals surface area contributed by atoms with E-state index in [1.54, 1.807) is 0 Å². The molecule has 0 spiro atoms. The van der Waals surface area contributed by atoms with Gasteiger partial charge in [0.1, 0.15) is 11.6 Å². The van der Waals surface area contributed by atoms with Crippen molar-refractivity contribution in [3.05, 3.63) is 24.0 Å². The summed E-state index contributed by atoms with van der Waals surface area (Å²) < 4.78 is 18.5. The molecule has 0 bridgehead atoms. The fraction of sp³-hybridized carbons (Fsp3) is 0.500. The highest BCUT2D eigenvalue weighted by atomic mass is 19.1. The summed E-state index contributed by atoms with van der Waals surface area (Å²) in [4.78, 5) is 11.7. The molecule has 19 heavy (non-hydrogen) atoms. The number of methoxy groups -OCH3 is 1. The molecule has 0 fully saturated rings. The first-order valence-electron chi connectivity index (χ1n) is 6.20. The van der Waals surface area contributed by atoms with Crippen LogP contribution in [0, 0.1) is 5.82 Å². The first-order valence-corrected chi connectivity index (χ1v) is 6.20. The number of nitrogens with one attached hydrogen (secondary N) is 2. The van der Waals surface area contributed by atoms with Gasteiger partial charge in [0, 0.05) is 24.6 Å². The van der Waals surface area contributed by atoms with E-state index in [-0.39, 0.29) is 23.6 Å². The maximum absolute atomic E-state index is 13.5. The van der Waals surface area contributed by atoms with Crippen LogP contribution in [-0.2, 0) is 4.79 Å². The SMILES string of the molecule is COc1ccc(F)c(NC(=O)CCNC(C)(C)C)c1. The number of ether oxygens (including phenoxy) is 1. The highest BCUT2D eigenvalue weighted by Gasteiger charge is 2.11. The van der Waals surface area contributed by atoms with Crippen molar-refractivity contribution in [2.75, 3.05) is 19.0 Å². The van der Waals surface area contributed by atoms with Crippen LogP contribution in [0.3, 0.4) is 0 Å². The number of anilines is 1. The molecule has 0 radical (unpaired) electrons. The fourth-order valence-electron chi connectivity index (χ4n) is 1.49. The topological polar surface area (TPSA) is 50.4 Å². The van der Waals surface area contributed by atoms with Gasteiger partial charge in [0.2, 0.25) is 5.91 Å². The Morgan fingerprint density at radius 3 is 2.63 bits per heavy atom. The number of benzene rings is 1. The summed E-state index contributed by atoms with van der Waals surface area (Å²) in [5.41, 5.74) is 0.0988. The molecule has 0 aromatic heterocycles. The second kappa shape index (κ2) is 6.52. The van der Waals surface area contributed by atoms with E-state index >= 15 is 0 Å². The Bertz CT molecular complexity index is 442. The smallest absolute Gasteiger partial charge is 0.225 e. The van der Waals surface area contributed by atoms with Gasteiger partial charge in [0.25, 0.3) is 0 Å². The number of carbonyl (C=O) groups is 1. The van der Waals surface area contributed by atoms with Crippen molar-refractivity contribution in [3.8, 4) is 5.75 Å². The van der Waals surface area contributed by atoms with Crippen LogP contribution in [-0.4, -0.2) is 25.1 Å². The number of hydrogen-bond donors (Lipinski definition) is 2. The first kappa shape index (κ1) is 15.4. The van der Waals surface area contributed by atoms with Gasteiger partial charge in [0.05, 0.1) is 12.8 Å². The quantitative estimate of drug-likeness (QED) is 0.863. The minimum absolute atomic E-state index is 0.0402. The van der Waals surface area contributed by atoms with E-state index in [0.717, 1.165) is 0 Å². The van der Waals surface area contributed by atoms with Crippen LogP contribution in [0.15, 0.2) is 18.2 Å². The molecular formula is C14H21FN2O2. The van der Waals surface area contributed by atoms with Crippen molar-refractivity contribution < 1.29 is 13.9 Å². The summed E-state index contributed by atoms with van der Waals surface area (Å²) in [6.45, 7) is 6.60. The lowest BCUT2D eigenvalue weighted by molar-refractivity contribution is -0.116. The van der Waals surface area contributed by atoms with E-state index in [1.807, 2.05) is 20.8 Å². The van der Waals surface area contributed by atoms with Crippen molar-refractivity contribution in [2.24, 2.45) is 0 Å². The van der Waals surface area contributed by atoms with Gasteiger partial charge in [-0.1, -0.05) is 0 Å². The van der Waals surface area contributed by atoms with E-state index in [0.29, 0.717) is 12.3 Å².